The van der Waals surface area contributed by atoms with Crippen molar-refractivity contribution in [3.8, 4) is 0 Å². The summed E-state index contributed by atoms with van der Waals surface area (Å²) in [6.07, 6.45) is 0. The predicted molar refractivity (Wildman–Crippen MR) is 71.0 cm³/mol. The highest BCUT2D eigenvalue weighted by Crippen LogP contribution is 2.27. The first-order chi connectivity index (χ1) is 8.28. The first-order valence-electron chi connectivity index (χ1n) is 4.77. The fourth-order valence-electron chi connectivity index (χ4n) is 1.18. The van der Waals surface area contributed by atoms with E-state index in [1.807, 2.05) is 0 Å². The van der Waals surface area contributed by atoms with E-state index in [0.717, 1.165) is 4.31 Å². The maximum absolute atomic E-state index is 12.1. The average Bonchev–Trinajstić information content (AvgIpc) is 2.28. The molecule has 0 radical (unpaired) electrons. The Kier molecular flexibility index (Phi) is 5.15. The quantitative estimate of drug-likeness (QED) is 0.773. The SMILES string of the molecule is COC(=O)CN(C)S(=O)(=O)c1ccc(Br)cc1Cl. The Morgan fingerprint density at radius 2 is 2.11 bits per heavy atom. The molecule has 0 heterocycles. The van der Waals surface area contributed by atoms with Crippen LogP contribution in [-0.4, -0.2) is 39.4 Å². The van der Waals surface area contributed by atoms with Crippen LogP contribution in [0.25, 0.3) is 0 Å². The molecule has 0 N–H and O–H groups in total. The molecule has 0 spiro atoms. The number of halogens is 2. The van der Waals surface area contributed by atoms with Gasteiger partial charge in [0, 0.05) is 11.5 Å². The normalized spacial score (nSPS) is 11.6. The minimum absolute atomic E-state index is 0.0567. The molecule has 0 saturated heterocycles. The highest BCUT2D eigenvalue weighted by Gasteiger charge is 2.25. The van der Waals surface area contributed by atoms with Gasteiger partial charge >= 0.3 is 5.97 Å². The molecule has 0 bridgehead atoms. The van der Waals surface area contributed by atoms with Crippen molar-refractivity contribution in [3.63, 3.8) is 0 Å². The topological polar surface area (TPSA) is 63.7 Å². The molecule has 0 atom stereocenters. The Morgan fingerprint density at radius 1 is 1.50 bits per heavy atom. The minimum Gasteiger partial charge on any atom is -0.468 e. The summed E-state index contributed by atoms with van der Waals surface area (Å²) in [5, 5.41) is 0.0843. The molecule has 0 amide bonds. The summed E-state index contributed by atoms with van der Waals surface area (Å²) in [6, 6.07) is 4.40. The van der Waals surface area contributed by atoms with Crippen LogP contribution >= 0.6 is 27.5 Å². The maximum Gasteiger partial charge on any atom is 0.321 e. The van der Waals surface area contributed by atoms with Gasteiger partial charge < -0.3 is 4.74 Å². The van der Waals surface area contributed by atoms with Gasteiger partial charge in [-0.2, -0.15) is 4.31 Å². The van der Waals surface area contributed by atoms with Crippen LogP contribution in [0.1, 0.15) is 0 Å². The molecule has 0 saturated carbocycles. The van der Waals surface area contributed by atoms with E-state index < -0.39 is 16.0 Å². The van der Waals surface area contributed by atoms with Crippen LogP contribution in [-0.2, 0) is 19.6 Å². The first kappa shape index (κ1) is 15.4. The molecule has 1 aromatic carbocycles. The van der Waals surface area contributed by atoms with Crippen molar-refractivity contribution < 1.29 is 17.9 Å². The van der Waals surface area contributed by atoms with Gasteiger partial charge in [-0.3, -0.25) is 4.79 Å². The second kappa shape index (κ2) is 6.01. The lowest BCUT2D eigenvalue weighted by molar-refractivity contribution is -0.140. The van der Waals surface area contributed by atoms with Gasteiger partial charge in [0.05, 0.1) is 12.1 Å². The molecule has 1 rings (SSSR count). The highest BCUT2D eigenvalue weighted by atomic mass is 79.9. The summed E-state index contributed by atoms with van der Waals surface area (Å²) in [5.74, 6) is -0.644. The largest absolute Gasteiger partial charge is 0.468 e. The van der Waals surface area contributed by atoms with E-state index in [9.17, 15) is 13.2 Å². The molecule has 1 aromatic rings. The zero-order chi connectivity index (χ0) is 13.9. The van der Waals surface area contributed by atoms with Gasteiger partial charge in [-0.15, -0.1) is 0 Å². The number of esters is 1. The summed E-state index contributed by atoms with van der Waals surface area (Å²) >= 11 is 9.06. The summed E-state index contributed by atoms with van der Waals surface area (Å²) in [7, 11) is -1.34. The molecule has 0 unspecified atom stereocenters. The third-order valence-corrected chi connectivity index (χ3v) is 4.94. The van der Waals surface area contributed by atoms with Crippen molar-refractivity contribution in [2.75, 3.05) is 20.7 Å². The molecule has 5 nitrogen and oxygen atoms in total. The Labute approximate surface area is 119 Å². The van der Waals surface area contributed by atoms with Crippen LogP contribution in [0.2, 0.25) is 5.02 Å². The molecule has 0 aliphatic rings. The van der Waals surface area contributed by atoms with E-state index in [4.69, 9.17) is 11.6 Å². The van der Waals surface area contributed by atoms with Gasteiger partial charge in [-0.25, -0.2) is 8.42 Å². The molecule has 0 aromatic heterocycles. The van der Waals surface area contributed by atoms with Gasteiger partial charge in [-0.05, 0) is 18.2 Å². The number of ether oxygens (including phenoxy) is 1. The molecule has 0 aliphatic carbocycles. The van der Waals surface area contributed by atoms with Crippen molar-refractivity contribution in [1.29, 1.82) is 0 Å². The summed E-state index contributed by atoms with van der Waals surface area (Å²) in [6.45, 7) is -0.370. The van der Waals surface area contributed by atoms with E-state index >= 15 is 0 Å². The number of sulfonamides is 1. The number of hydrogen-bond acceptors (Lipinski definition) is 4. The lowest BCUT2D eigenvalue weighted by Gasteiger charge is -2.16. The maximum atomic E-state index is 12.1. The van der Waals surface area contributed by atoms with Crippen LogP contribution < -0.4 is 0 Å². The first-order valence-corrected chi connectivity index (χ1v) is 7.38. The lowest BCUT2D eigenvalue weighted by Crippen LogP contribution is -2.32. The molecular weight excluding hydrogens is 346 g/mol. The smallest absolute Gasteiger partial charge is 0.321 e. The Bertz CT molecular complexity index is 561. The summed E-state index contributed by atoms with van der Waals surface area (Å²) in [5.41, 5.74) is 0. The van der Waals surface area contributed by atoms with E-state index in [0.29, 0.717) is 4.47 Å². The Balaban J connectivity index is 3.09. The molecule has 18 heavy (non-hydrogen) atoms. The Morgan fingerprint density at radius 3 is 2.61 bits per heavy atom. The standard InChI is InChI=1S/C10H11BrClNO4S/c1-13(6-10(14)17-2)18(15,16)9-4-3-7(11)5-8(9)12/h3-5H,6H2,1-2H3. The number of rotatable bonds is 4. The third-order valence-electron chi connectivity index (χ3n) is 2.16. The van der Waals surface area contributed by atoms with E-state index in [2.05, 4.69) is 20.7 Å². The number of benzene rings is 1. The lowest BCUT2D eigenvalue weighted by atomic mass is 10.4. The Hall–Kier alpha value is -0.630. The number of carbonyl (C=O) groups excluding carboxylic acids is 1. The zero-order valence-corrected chi connectivity index (χ0v) is 12.8. The molecule has 100 valence electrons. The predicted octanol–water partition coefficient (Wildman–Crippen LogP) is 1.90. The molecule has 0 aliphatic heterocycles. The summed E-state index contributed by atoms with van der Waals surface area (Å²) < 4.78 is 30.2. The minimum atomic E-state index is -3.81. The van der Waals surface area contributed by atoms with Crippen molar-refractivity contribution in [1.82, 2.24) is 4.31 Å². The molecule has 8 heteroatoms. The van der Waals surface area contributed by atoms with Crippen molar-refractivity contribution in [3.05, 3.63) is 27.7 Å². The number of methoxy groups -OCH3 is 1. The number of nitrogens with zero attached hydrogens (tertiary/aromatic N) is 1. The fraction of sp³-hybridized carbons (Fsp3) is 0.300. The van der Waals surface area contributed by atoms with Crippen LogP contribution in [0.4, 0.5) is 0 Å². The average molecular weight is 357 g/mol. The second-order valence-corrected chi connectivity index (χ2v) is 6.75. The monoisotopic (exact) mass is 355 g/mol. The summed E-state index contributed by atoms with van der Waals surface area (Å²) in [4.78, 5) is 11.0. The van der Waals surface area contributed by atoms with E-state index in [-0.39, 0.29) is 16.5 Å². The van der Waals surface area contributed by atoms with Gasteiger partial charge in [0.15, 0.2) is 0 Å². The van der Waals surface area contributed by atoms with Crippen molar-refractivity contribution >= 4 is 43.5 Å². The number of carbonyl (C=O) groups is 1. The van der Waals surface area contributed by atoms with Crippen LogP contribution in [0, 0.1) is 0 Å². The van der Waals surface area contributed by atoms with Gasteiger partial charge in [0.25, 0.3) is 0 Å². The van der Waals surface area contributed by atoms with Crippen molar-refractivity contribution in [2.24, 2.45) is 0 Å². The van der Waals surface area contributed by atoms with Crippen molar-refractivity contribution in [2.45, 2.75) is 4.90 Å². The highest BCUT2D eigenvalue weighted by molar-refractivity contribution is 9.10. The number of likely N-dealkylation sites (N-methyl/N-ethyl adjacent to an activating group) is 1. The van der Waals surface area contributed by atoms with Gasteiger partial charge in [0.1, 0.15) is 11.4 Å². The van der Waals surface area contributed by atoms with Gasteiger partial charge in [0.2, 0.25) is 10.0 Å². The fourth-order valence-corrected chi connectivity index (χ4v) is 3.31. The van der Waals surface area contributed by atoms with Crippen LogP contribution in [0.15, 0.2) is 27.6 Å². The third kappa shape index (κ3) is 3.44. The van der Waals surface area contributed by atoms with Crippen LogP contribution in [0.5, 0.6) is 0 Å². The van der Waals surface area contributed by atoms with E-state index in [1.54, 1.807) is 6.07 Å². The van der Waals surface area contributed by atoms with Gasteiger partial charge in [-0.1, -0.05) is 27.5 Å². The molecular formula is C10H11BrClNO4S. The zero-order valence-electron chi connectivity index (χ0n) is 9.68. The molecule has 0 fully saturated rings. The number of hydrogen-bond donors (Lipinski definition) is 0. The second-order valence-electron chi connectivity index (χ2n) is 3.41. The van der Waals surface area contributed by atoms with Crippen LogP contribution in [0.3, 0.4) is 0 Å². The van der Waals surface area contributed by atoms with E-state index in [1.165, 1.54) is 26.3 Å².